The monoisotopic (exact) mass is 388 g/mol. The summed E-state index contributed by atoms with van der Waals surface area (Å²) in [6, 6.07) is 12.9. The van der Waals surface area contributed by atoms with Crippen LogP contribution in [0.5, 0.6) is 0 Å². The predicted molar refractivity (Wildman–Crippen MR) is 92.9 cm³/mol. The first-order valence-electron chi connectivity index (χ1n) is 7.67. The number of nitrogens with zero attached hydrogens (tertiary/aromatic N) is 2. The van der Waals surface area contributed by atoms with Crippen molar-refractivity contribution >= 4 is 27.8 Å². The molecule has 1 aliphatic heterocycles. The van der Waals surface area contributed by atoms with Crippen molar-refractivity contribution in [3.8, 4) is 0 Å². The average Bonchev–Trinajstić information content (AvgIpc) is 3.00. The van der Waals surface area contributed by atoms with Crippen LogP contribution >= 0.6 is 15.9 Å². The minimum atomic E-state index is -0.879. The zero-order valence-electron chi connectivity index (χ0n) is 13.1. The number of benzene rings is 1. The summed E-state index contributed by atoms with van der Waals surface area (Å²) in [5.74, 6) is -1.93. The van der Waals surface area contributed by atoms with E-state index in [1.165, 1.54) is 0 Å². The number of carboxylic acids is 1. The molecule has 1 aliphatic rings. The highest BCUT2D eigenvalue weighted by Gasteiger charge is 2.40. The molecule has 0 bridgehead atoms. The van der Waals surface area contributed by atoms with Crippen molar-refractivity contribution < 1.29 is 14.7 Å². The molecule has 0 aliphatic carbocycles. The number of carbonyl (C=O) groups is 2. The molecular weight excluding hydrogens is 372 g/mol. The topological polar surface area (TPSA) is 70.5 Å². The highest BCUT2D eigenvalue weighted by molar-refractivity contribution is 9.10. The number of likely N-dealkylation sites (tertiary alicyclic amines) is 1. The van der Waals surface area contributed by atoms with Gasteiger partial charge in [0.05, 0.1) is 5.92 Å². The predicted octanol–water partition coefficient (Wildman–Crippen LogP) is 3.09. The number of aliphatic carboxylic acids is 1. The summed E-state index contributed by atoms with van der Waals surface area (Å²) in [6.45, 7) is 2.41. The number of carboxylic acid groups (broad SMARTS) is 1. The van der Waals surface area contributed by atoms with Gasteiger partial charge < -0.3 is 10.0 Å². The first-order chi connectivity index (χ1) is 11.5. The Morgan fingerprint density at radius 1 is 1.17 bits per heavy atom. The first-order valence-corrected chi connectivity index (χ1v) is 8.46. The van der Waals surface area contributed by atoms with Gasteiger partial charge in [0, 0.05) is 29.2 Å². The molecular formula is C18H17BrN2O3. The summed E-state index contributed by atoms with van der Waals surface area (Å²) in [5, 5.41) is 9.55. The Morgan fingerprint density at radius 2 is 1.88 bits per heavy atom. The van der Waals surface area contributed by atoms with Crippen molar-refractivity contribution in [2.75, 3.05) is 13.1 Å². The maximum Gasteiger partial charge on any atom is 0.308 e. The lowest BCUT2D eigenvalue weighted by atomic mass is 9.89. The molecule has 2 atom stereocenters. The third kappa shape index (κ3) is 3.33. The van der Waals surface area contributed by atoms with Gasteiger partial charge in [-0.15, -0.1) is 0 Å². The van der Waals surface area contributed by atoms with E-state index in [4.69, 9.17) is 0 Å². The van der Waals surface area contributed by atoms with Gasteiger partial charge in [0.25, 0.3) is 5.91 Å². The Bertz CT molecular complexity index is 776. The van der Waals surface area contributed by atoms with E-state index in [0.717, 1.165) is 15.7 Å². The third-order valence-corrected chi connectivity index (χ3v) is 4.86. The van der Waals surface area contributed by atoms with Crippen LogP contribution in [-0.4, -0.2) is 40.0 Å². The molecule has 1 saturated heterocycles. The van der Waals surface area contributed by atoms with E-state index in [0.29, 0.717) is 12.2 Å². The summed E-state index contributed by atoms with van der Waals surface area (Å²) in [4.78, 5) is 30.2. The fourth-order valence-electron chi connectivity index (χ4n) is 3.09. The molecule has 124 valence electrons. The van der Waals surface area contributed by atoms with Gasteiger partial charge in [0.15, 0.2) is 0 Å². The van der Waals surface area contributed by atoms with Gasteiger partial charge in [-0.05, 0) is 36.8 Å². The molecule has 0 spiro atoms. The van der Waals surface area contributed by atoms with E-state index in [1.807, 2.05) is 37.3 Å². The lowest BCUT2D eigenvalue weighted by Gasteiger charge is -2.16. The molecule has 5 nitrogen and oxygen atoms in total. The Morgan fingerprint density at radius 3 is 2.50 bits per heavy atom. The van der Waals surface area contributed by atoms with Crippen LogP contribution in [0.4, 0.5) is 0 Å². The van der Waals surface area contributed by atoms with Crippen molar-refractivity contribution in [3.63, 3.8) is 0 Å². The summed E-state index contributed by atoms with van der Waals surface area (Å²) in [5.41, 5.74) is 2.05. The van der Waals surface area contributed by atoms with Crippen LogP contribution in [0.1, 0.15) is 27.7 Å². The molecule has 2 heterocycles. The molecule has 1 aromatic carbocycles. The van der Waals surface area contributed by atoms with Crippen LogP contribution in [0.3, 0.4) is 0 Å². The maximum absolute atomic E-state index is 12.7. The van der Waals surface area contributed by atoms with Gasteiger partial charge in [-0.3, -0.25) is 9.59 Å². The molecule has 1 N–H and O–H groups in total. The van der Waals surface area contributed by atoms with Gasteiger partial charge in [-0.25, -0.2) is 4.98 Å². The third-order valence-electron chi connectivity index (χ3n) is 4.33. The van der Waals surface area contributed by atoms with E-state index in [1.54, 1.807) is 17.0 Å². The molecule has 0 saturated carbocycles. The van der Waals surface area contributed by atoms with Gasteiger partial charge in [-0.2, -0.15) is 0 Å². The van der Waals surface area contributed by atoms with Gasteiger partial charge in [0.1, 0.15) is 5.69 Å². The molecule has 1 fully saturated rings. The zero-order chi connectivity index (χ0) is 17.3. The second-order valence-electron chi connectivity index (χ2n) is 5.98. The number of aromatic nitrogens is 1. The number of amides is 1. The molecule has 24 heavy (non-hydrogen) atoms. The summed E-state index contributed by atoms with van der Waals surface area (Å²) in [6.07, 6.45) is 0. The van der Waals surface area contributed by atoms with Crippen LogP contribution in [-0.2, 0) is 4.79 Å². The summed E-state index contributed by atoms with van der Waals surface area (Å²) in [7, 11) is 0. The fourth-order valence-corrected chi connectivity index (χ4v) is 3.36. The highest BCUT2D eigenvalue weighted by atomic mass is 79.9. The van der Waals surface area contributed by atoms with Crippen LogP contribution in [0.15, 0.2) is 46.9 Å². The number of halogens is 1. The van der Waals surface area contributed by atoms with Gasteiger partial charge in [-0.1, -0.05) is 34.1 Å². The Labute approximate surface area is 148 Å². The summed E-state index contributed by atoms with van der Waals surface area (Å²) >= 11 is 3.38. The highest BCUT2D eigenvalue weighted by Crippen LogP contribution is 2.34. The van der Waals surface area contributed by atoms with Gasteiger partial charge >= 0.3 is 5.97 Å². The molecule has 6 heteroatoms. The average molecular weight is 389 g/mol. The second-order valence-corrected chi connectivity index (χ2v) is 6.89. The van der Waals surface area contributed by atoms with Crippen molar-refractivity contribution in [2.45, 2.75) is 12.8 Å². The minimum absolute atomic E-state index is 0.199. The van der Waals surface area contributed by atoms with E-state index >= 15 is 0 Å². The number of carbonyl (C=O) groups excluding carboxylic acids is 1. The quantitative estimate of drug-likeness (QED) is 0.876. The SMILES string of the molecule is Cc1cccc(C(=O)N2C[C@H](C(=O)O)[C@@H](c3ccc(Br)cc3)C2)n1. The largest absolute Gasteiger partial charge is 0.481 e. The first kappa shape index (κ1) is 16.6. The number of rotatable bonds is 3. The summed E-state index contributed by atoms with van der Waals surface area (Å²) < 4.78 is 0.938. The van der Waals surface area contributed by atoms with Crippen LogP contribution < -0.4 is 0 Å². The Balaban J connectivity index is 1.86. The van der Waals surface area contributed by atoms with Gasteiger partial charge in [0.2, 0.25) is 0 Å². The van der Waals surface area contributed by atoms with Crippen LogP contribution in [0, 0.1) is 12.8 Å². The van der Waals surface area contributed by atoms with E-state index in [-0.39, 0.29) is 18.4 Å². The zero-order valence-corrected chi connectivity index (χ0v) is 14.7. The number of hydrogen-bond donors (Lipinski definition) is 1. The fraction of sp³-hybridized carbons (Fsp3) is 0.278. The van der Waals surface area contributed by atoms with E-state index in [2.05, 4.69) is 20.9 Å². The van der Waals surface area contributed by atoms with Crippen molar-refractivity contribution in [1.82, 2.24) is 9.88 Å². The van der Waals surface area contributed by atoms with Crippen molar-refractivity contribution in [2.24, 2.45) is 5.92 Å². The molecule has 1 aromatic heterocycles. The molecule has 1 amide bonds. The Kier molecular flexibility index (Phi) is 4.66. The van der Waals surface area contributed by atoms with E-state index in [9.17, 15) is 14.7 Å². The number of aryl methyl sites for hydroxylation is 1. The lowest BCUT2D eigenvalue weighted by Crippen LogP contribution is -2.30. The number of pyridine rings is 1. The molecule has 0 radical (unpaired) electrons. The van der Waals surface area contributed by atoms with Crippen LogP contribution in [0.25, 0.3) is 0 Å². The standard InChI is InChI=1S/C18H17BrN2O3/c1-11-3-2-4-16(20-11)17(22)21-9-14(15(10-21)18(23)24)12-5-7-13(19)8-6-12/h2-8,14-15H,9-10H2,1H3,(H,23,24)/t14-,15+/m1/s1. The lowest BCUT2D eigenvalue weighted by molar-refractivity contribution is -0.141. The Hall–Kier alpha value is -2.21. The van der Waals surface area contributed by atoms with Crippen molar-refractivity contribution in [3.05, 3.63) is 63.9 Å². The molecule has 2 aromatic rings. The van der Waals surface area contributed by atoms with E-state index < -0.39 is 11.9 Å². The second kappa shape index (κ2) is 6.73. The smallest absolute Gasteiger partial charge is 0.308 e. The van der Waals surface area contributed by atoms with Crippen molar-refractivity contribution in [1.29, 1.82) is 0 Å². The minimum Gasteiger partial charge on any atom is -0.481 e. The number of hydrogen-bond acceptors (Lipinski definition) is 3. The molecule has 3 rings (SSSR count). The van der Waals surface area contributed by atoms with Crippen LogP contribution in [0.2, 0.25) is 0 Å². The maximum atomic E-state index is 12.7. The molecule has 0 unspecified atom stereocenters. The normalized spacial score (nSPS) is 20.2.